The number of nitrogens with zero attached hydrogens (tertiary/aromatic N) is 7. The predicted octanol–water partition coefficient (Wildman–Crippen LogP) is 2.75. The van der Waals surface area contributed by atoms with Crippen LogP contribution >= 0.6 is 24.2 Å². The van der Waals surface area contributed by atoms with Crippen molar-refractivity contribution < 1.29 is 4.42 Å². The average Bonchev–Trinajstić information content (AvgIpc) is 3.02. The van der Waals surface area contributed by atoms with Crippen molar-refractivity contribution in [2.75, 3.05) is 25.4 Å². The highest BCUT2D eigenvalue weighted by Crippen LogP contribution is 2.57. The first-order valence-electron chi connectivity index (χ1n) is 9.60. The molecule has 4 heterocycles. The number of oxazole rings is 1. The van der Waals surface area contributed by atoms with Crippen molar-refractivity contribution in [1.82, 2.24) is 34.6 Å². The summed E-state index contributed by atoms with van der Waals surface area (Å²) in [6, 6.07) is 1.89. The summed E-state index contributed by atoms with van der Waals surface area (Å²) in [5.41, 5.74) is 1.05. The van der Waals surface area contributed by atoms with Gasteiger partial charge in [-0.3, -0.25) is 0 Å². The van der Waals surface area contributed by atoms with Gasteiger partial charge in [0, 0.05) is 43.7 Å². The van der Waals surface area contributed by atoms with Crippen LogP contribution in [-0.4, -0.2) is 60.0 Å². The summed E-state index contributed by atoms with van der Waals surface area (Å²) < 4.78 is 7.41. The monoisotopic (exact) mass is 433 g/mol. The van der Waals surface area contributed by atoms with Gasteiger partial charge >= 0.3 is 0 Å². The van der Waals surface area contributed by atoms with E-state index in [-0.39, 0.29) is 17.8 Å². The molecule has 2 aliphatic rings. The maximum atomic E-state index is 5.44. The topological polar surface area (TPSA) is 85.8 Å². The zero-order valence-corrected chi connectivity index (χ0v) is 18.1. The highest BCUT2D eigenvalue weighted by atomic mass is 35.5. The van der Waals surface area contributed by atoms with E-state index in [0.29, 0.717) is 5.76 Å². The summed E-state index contributed by atoms with van der Waals surface area (Å²) in [5.74, 6) is 4.19. The van der Waals surface area contributed by atoms with Crippen LogP contribution in [0.1, 0.15) is 24.4 Å². The lowest BCUT2D eigenvalue weighted by atomic mass is 10.1. The van der Waals surface area contributed by atoms with Crippen molar-refractivity contribution in [1.29, 1.82) is 0 Å². The molecule has 5 rings (SSSR count). The third-order valence-corrected chi connectivity index (χ3v) is 6.97. The zero-order valence-electron chi connectivity index (χ0n) is 16.5. The summed E-state index contributed by atoms with van der Waals surface area (Å²) in [5, 5.41) is 9.48. The van der Waals surface area contributed by atoms with E-state index in [9.17, 15) is 0 Å². The molecule has 0 bridgehead atoms. The first-order chi connectivity index (χ1) is 13.7. The van der Waals surface area contributed by atoms with Crippen molar-refractivity contribution in [3.63, 3.8) is 0 Å². The van der Waals surface area contributed by atoms with Crippen LogP contribution < -0.4 is 0 Å². The summed E-state index contributed by atoms with van der Waals surface area (Å²) in [6.45, 7) is 5.27. The molecule has 1 aliphatic heterocycles. The zero-order chi connectivity index (χ0) is 19.1. The van der Waals surface area contributed by atoms with E-state index in [1.54, 1.807) is 11.8 Å². The molecule has 0 N–H and O–H groups in total. The van der Waals surface area contributed by atoms with Gasteiger partial charge in [-0.2, -0.15) is 0 Å². The molecule has 29 heavy (non-hydrogen) atoms. The van der Waals surface area contributed by atoms with Crippen LogP contribution in [0.4, 0.5) is 0 Å². The normalized spacial score (nSPS) is 23.0. The van der Waals surface area contributed by atoms with Gasteiger partial charge in [0.25, 0.3) is 0 Å². The van der Waals surface area contributed by atoms with Gasteiger partial charge in [0.1, 0.15) is 5.82 Å². The number of fused-ring (bicyclic) bond motifs is 1. The number of piperidine rings is 1. The van der Waals surface area contributed by atoms with Gasteiger partial charge in [0.05, 0.1) is 5.69 Å². The van der Waals surface area contributed by atoms with Crippen molar-refractivity contribution in [2.24, 2.45) is 13.0 Å². The molecular weight excluding hydrogens is 410 g/mol. The fourth-order valence-electron chi connectivity index (χ4n) is 4.27. The maximum Gasteiger partial charge on any atom is 0.202 e. The number of hydrogen-bond donors (Lipinski definition) is 0. The molecule has 8 nitrogen and oxygen atoms in total. The van der Waals surface area contributed by atoms with Gasteiger partial charge < -0.3 is 13.9 Å². The van der Waals surface area contributed by atoms with Crippen molar-refractivity contribution in [2.45, 2.75) is 30.3 Å². The van der Waals surface area contributed by atoms with E-state index >= 15 is 0 Å². The molecule has 0 amide bonds. The van der Waals surface area contributed by atoms with E-state index in [1.807, 2.05) is 37.0 Å². The second-order valence-corrected chi connectivity index (χ2v) is 8.76. The van der Waals surface area contributed by atoms with Crippen LogP contribution in [-0.2, 0) is 12.5 Å². The third-order valence-electron chi connectivity index (χ3n) is 5.86. The lowest BCUT2D eigenvalue weighted by Crippen LogP contribution is -2.28. The molecule has 2 atom stereocenters. The Bertz CT molecular complexity index is 978. The first kappa shape index (κ1) is 20.3. The molecule has 0 spiro atoms. The fraction of sp³-hybridized carbons (Fsp3) is 0.526. The maximum absolute atomic E-state index is 5.44. The Morgan fingerprint density at radius 1 is 1.24 bits per heavy atom. The Labute approximate surface area is 179 Å². The predicted molar refractivity (Wildman–Crippen MR) is 112 cm³/mol. The third kappa shape index (κ3) is 3.67. The van der Waals surface area contributed by atoms with Gasteiger partial charge in [-0.25, -0.2) is 15.0 Å². The SMILES string of the molecule is Cc1ncoc1-c1nnc(SCCCN2C[C@H]3CC3(c3ncccn3)C2)n1C.Cl. The lowest BCUT2D eigenvalue weighted by molar-refractivity contribution is 0.297. The van der Waals surface area contributed by atoms with E-state index in [4.69, 9.17) is 4.42 Å². The number of rotatable bonds is 7. The summed E-state index contributed by atoms with van der Waals surface area (Å²) in [7, 11) is 1.97. The van der Waals surface area contributed by atoms with Gasteiger partial charge in [0.2, 0.25) is 5.82 Å². The standard InChI is InChI=1S/C19H23N7OS.ClH/c1-13-15(27-12-22-13)16-23-24-18(25(16)2)28-8-4-7-26-10-14-9-19(14,11-26)17-20-5-3-6-21-17;/h3,5-6,12,14H,4,7-11H2,1-2H3;1H/t14-,19?;/m1./s1. The number of thioether (sulfide) groups is 1. The fourth-order valence-corrected chi connectivity index (χ4v) is 5.10. The number of hydrogen-bond acceptors (Lipinski definition) is 8. The van der Waals surface area contributed by atoms with Gasteiger partial charge in [-0.1, -0.05) is 11.8 Å². The van der Waals surface area contributed by atoms with Crippen molar-refractivity contribution in [3.05, 3.63) is 36.4 Å². The first-order valence-corrected chi connectivity index (χ1v) is 10.6. The summed E-state index contributed by atoms with van der Waals surface area (Å²) in [4.78, 5) is 15.7. The lowest BCUT2D eigenvalue weighted by Gasteiger charge is -2.19. The second kappa shape index (κ2) is 8.04. The Morgan fingerprint density at radius 2 is 2.07 bits per heavy atom. The molecule has 154 valence electrons. The number of aryl methyl sites for hydroxylation is 1. The van der Waals surface area contributed by atoms with E-state index in [1.165, 1.54) is 19.4 Å². The van der Waals surface area contributed by atoms with E-state index in [0.717, 1.165) is 53.7 Å². The smallest absolute Gasteiger partial charge is 0.202 e. The van der Waals surface area contributed by atoms with Crippen LogP contribution in [0.5, 0.6) is 0 Å². The highest BCUT2D eigenvalue weighted by molar-refractivity contribution is 7.99. The van der Waals surface area contributed by atoms with Crippen LogP contribution in [0, 0.1) is 12.8 Å². The molecule has 3 aromatic heterocycles. The second-order valence-electron chi connectivity index (χ2n) is 7.70. The molecule has 1 aliphatic carbocycles. The number of likely N-dealkylation sites (tertiary alicyclic amines) is 1. The molecule has 10 heteroatoms. The van der Waals surface area contributed by atoms with Gasteiger partial charge in [-0.05, 0) is 38.3 Å². The quantitative estimate of drug-likeness (QED) is 0.415. The Balaban J connectivity index is 0.00000205. The minimum Gasteiger partial charge on any atom is -0.440 e. The Kier molecular flexibility index (Phi) is 5.63. The van der Waals surface area contributed by atoms with Crippen LogP contribution in [0.3, 0.4) is 0 Å². The van der Waals surface area contributed by atoms with Crippen molar-refractivity contribution in [3.8, 4) is 11.6 Å². The summed E-state index contributed by atoms with van der Waals surface area (Å²) in [6.07, 6.45) is 7.53. The molecule has 0 aromatic carbocycles. The minimum absolute atomic E-state index is 0. The van der Waals surface area contributed by atoms with E-state index in [2.05, 4.69) is 30.0 Å². The molecular formula is C19H24ClN7OS. The average molecular weight is 434 g/mol. The molecule has 2 fully saturated rings. The summed E-state index contributed by atoms with van der Waals surface area (Å²) >= 11 is 1.74. The van der Waals surface area contributed by atoms with Crippen LogP contribution in [0.25, 0.3) is 11.6 Å². The molecule has 3 aromatic rings. The van der Waals surface area contributed by atoms with Crippen molar-refractivity contribution >= 4 is 24.2 Å². The number of halogens is 1. The molecule has 1 saturated heterocycles. The van der Waals surface area contributed by atoms with Crippen LogP contribution in [0.2, 0.25) is 0 Å². The Morgan fingerprint density at radius 3 is 2.83 bits per heavy atom. The van der Waals surface area contributed by atoms with Gasteiger partial charge in [0.15, 0.2) is 17.3 Å². The highest BCUT2D eigenvalue weighted by Gasteiger charge is 2.62. The van der Waals surface area contributed by atoms with Gasteiger partial charge in [-0.15, -0.1) is 22.6 Å². The largest absolute Gasteiger partial charge is 0.440 e. The molecule has 1 saturated carbocycles. The number of aromatic nitrogens is 6. The molecule has 0 radical (unpaired) electrons. The van der Waals surface area contributed by atoms with E-state index < -0.39 is 0 Å². The Hall–Kier alpha value is -1.97. The molecule has 1 unspecified atom stereocenters. The minimum atomic E-state index is 0. The van der Waals surface area contributed by atoms with Crippen LogP contribution in [0.15, 0.2) is 34.4 Å².